The highest BCUT2D eigenvalue weighted by Gasteiger charge is 2.57. The zero-order valence-electron chi connectivity index (χ0n) is 20.2. The van der Waals surface area contributed by atoms with Crippen LogP contribution in [0.1, 0.15) is 41.7 Å². The van der Waals surface area contributed by atoms with Crippen molar-refractivity contribution >= 4 is 21.6 Å². The molecular formula is C26H27F3N4O3S. The maximum absolute atomic E-state index is 14.1. The highest BCUT2D eigenvalue weighted by Crippen LogP contribution is 2.43. The number of amides is 1. The van der Waals surface area contributed by atoms with Crippen LogP contribution in [0.15, 0.2) is 79.0 Å². The smallest absolute Gasteiger partial charge is 0.373 e. The molecule has 37 heavy (non-hydrogen) atoms. The predicted molar refractivity (Wildman–Crippen MR) is 134 cm³/mol. The summed E-state index contributed by atoms with van der Waals surface area (Å²) in [6.07, 6.45) is -2.40. The molecule has 4 rings (SSSR count). The number of halogens is 3. The molecule has 2 N–H and O–H groups in total. The number of anilines is 1. The summed E-state index contributed by atoms with van der Waals surface area (Å²) in [4.78, 5) is 17.5. The van der Waals surface area contributed by atoms with Crippen molar-refractivity contribution in [3.8, 4) is 0 Å². The molecule has 1 saturated carbocycles. The fourth-order valence-electron chi connectivity index (χ4n) is 4.35. The summed E-state index contributed by atoms with van der Waals surface area (Å²) in [7, 11) is -2.78. The maximum atomic E-state index is 14.1. The molecule has 196 valence electrons. The highest BCUT2D eigenvalue weighted by molar-refractivity contribution is 7.88. The van der Waals surface area contributed by atoms with Crippen molar-refractivity contribution in [2.45, 2.75) is 36.6 Å². The van der Waals surface area contributed by atoms with Gasteiger partial charge in [0.15, 0.2) is 6.04 Å². The first-order chi connectivity index (χ1) is 17.4. The number of nitrogens with one attached hydrogen (secondary N) is 2. The molecule has 0 spiro atoms. The van der Waals surface area contributed by atoms with Gasteiger partial charge < -0.3 is 10.2 Å². The normalized spacial score (nSPS) is 15.7. The lowest BCUT2D eigenvalue weighted by Gasteiger charge is -2.32. The van der Waals surface area contributed by atoms with E-state index in [0.717, 1.165) is 24.4 Å². The zero-order chi connectivity index (χ0) is 26.8. The lowest BCUT2D eigenvalue weighted by atomic mass is 9.98. The predicted octanol–water partition coefficient (Wildman–Crippen LogP) is 4.43. The standard InChI is InChI=1S/C26H27F3N4O3S/c1-33(24(34)25(15-16-25)32-37(2,35)36)23(26(27,28)29)21-14-13-20(17-30-21)31-22(18-9-5-3-6-10-18)19-11-7-4-8-12-19/h3-14,17,22-23,31-32H,15-16H2,1-2H3. The van der Waals surface area contributed by atoms with Gasteiger partial charge >= 0.3 is 6.18 Å². The Hall–Kier alpha value is -3.44. The van der Waals surface area contributed by atoms with Gasteiger partial charge in [0.05, 0.1) is 29.9 Å². The molecule has 1 fully saturated rings. The van der Waals surface area contributed by atoms with E-state index in [1.54, 1.807) is 0 Å². The number of sulfonamides is 1. The molecule has 0 bridgehead atoms. The van der Waals surface area contributed by atoms with Crippen molar-refractivity contribution in [3.63, 3.8) is 0 Å². The molecule has 0 saturated heterocycles. The summed E-state index contributed by atoms with van der Waals surface area (Å²) in [5, 5.41) is 3.33. The average molecular weight is 533 g/mol. The van der Waals surface area contributed by atoms with Crippen molar-refractivity contribution in [1.29, 1.82) is 0 Å². The first-order valence-corrected chi connectivity index (χ1v) is 13.4. The van der Waals surface area contributed by atoms with Gasteiger partial charge in [-0.2, -0.15) is 17.9 Å². The SMILES string of the molecule is CN(C(=O)C1(NS(C)(=O)=O)CC1)C(c1ccc(NC(c2ccccc2)c2ccccc2)cn1)C(F)(F)F. The second-order valence-electron chi connectivity index (χ2n) is 9.19. The van der Waals surface area contributed by atoms with Crippen LogP contribution in [-0.4, -0.2) is 49.2 Å². The third kappa shape index (κ3) is 6.28. The number of carbonyl (C=O) groups excluding carboxylic acids is 1. The van der Waals surface area contributed by atoms with Crippen molar-refractivity contribution in [1.82, 2.24) is 14.6 Å². The average Bonchev–Trinajstić information content (AvgIpc) is 3.62. The fraction of sp³-hybridized carbons (Fsp3) is 0.308. The molecule has 1 aliphatic rings. The number of nitrogens with zero attached hydrogens (tertiary/aromatic N) is 2. The van der Waals surface area contributed by atoms with Crippen LogP contribution in [0.5, 0.6) is 0 Å². The van der Waals surface area contributed by atoms with Gasteiger partial charge in [-0.1, -0.05) is 60.7 Å². The molecule has 1 amide bonds. The van der Waals surface area contributed by atoms with Crippen LogP contribution < -0.4 is 10.0 Å². The monoisotopic (exact) mass is 532 g/mol. The van der Waals surface area contributed by atoms with E-state index in [1.165, 1.54) is 18.3 Å². The van der Waals surface area contributed by atoms with Crippen LogP contribution in [0.3, 0.4) is 0 Å². The van der Waals surface area contributed by atoms with E-state index in [2.05, 4.69) is 15.0 Å². The Morgan fingerprint density at radius 3 is 1.92 bits per heavy atom. The number of alkyl halides is 3. The molecule has 0 radical (unpaired) electrons. The van der Waals surface area contributed by atoms with Gasteiger partial charge in [0.1, 0.15) is 5.54 Å². The largest absolute Gasteiger partial charge is 0.414 e. The quantitative estimate of drug-likeness (QED) is 0.426. The summed E-state index contributed by atoms with van der Waals surface area (Å²) in [6, 6.07) is 19.3. The Bertz CT molecular complexity index is 1290. The minimum absolute atomic E-state index is 0.129. The van der Waals surface area contributed by atoms with E-state index < -0.39 is 33.7 Å². The molecule has 11 heteroatoms. The van der Waals surface area contributed by atoms with Crippen LogP contribution in [0.2, 0.25) is 0 Å². The molecule has 3 aromatic rings. The third-order valence-corrected chi connectivity index (χ3v) is 6.96. The van der Waals surface area contributed by atoms with Gasteiger partial charge in [-0.05, 0) is 36.1 Å². The minimum Gasteiger partial charge on any atom is -0.373 e. The molecule has 7 nitrogen and oxygen atoms in total. The van der Waals surface area contributed by atoms with Crippen LogP contribution in [0, 0.1) is 0 Å². The van der Waals surface area contributed by atoms with E-state index in [9.17, 15) is 26.4 Å². The molecule has 1 aliphatic carbocycles. The Kier molecular flexibility index (Phi) is 7.29. The Morgan fingerprint density at radius 1 is 0.973 bits per heavy atom. The highest BCUT2D eigenvalue weighted by atomic mass is 32.2. The van der Waals surface area contributed by atoms with Crippen molar-refractivity contribution in [2.24, 2.45) is 0 Å². The Morgan fingerprint density at radius 2 is 1.51 bits per heavy atom. The number of rotatable bonds is 9. The molecular weight excluding hydrogens is 505 g/mol. The first-order valence-electron chi connectivity index (χ1n) is 11.5. The van der Waals surface area contributed by atoms with E-state index in [1.807, 2.05) is 60.7 Å². The number of hydrogen-bond donors (Lipinski definition) is 2. The van der Waals surface area contributed by atoms with Crippen molar-refractivity contribution in [2.75, 3.05) is 18.6 Å². The van der Waals surface area contributed by atoms with Gasteiger partial charge in [-0.3, -0.25) is 9.78 Å². The summed E-state index contributed by atoms with van der Waals surface area (Å²) in [5.41, 5.74) is 0.494. The molecule has 1 unspecified atom stereocenters. The van der Waals surface area contributed by atoms with Crippen LogP contribution in [-0.2, 0) is 14.8 Å². The second kappa shape index (κ2) is 10.1. The molecule has 2 aromatic carbocycles. The Labute approximate surface area is 213 Å². The number of likely N-dealkylation sites (N-methyl/N-ethyl adjacent to an activating group) is 1. The molecule has 1 aromatic heterocycles. The van der Waals surface area contributed by atoms with E-state index >= 15 is 0 Å². The summed E-state index contributed by atoms with van der Waals surface area (Å²) in [5.74, 6) is -0.947. The van der Waals surface area contributed by atoms with Gasteiger partial charge in [-0.15, -0.1) is 0 Å². The summed E-state index contributed by atoms with van der Waals surface area (Å²) >= 11 is 0. The van der Waals surface area contributed by atoms with E-state index in [0.29, 0.717) is 10.6 Å². The van der Waals surface area contributed by atoms with Crippen molar-refractivity contribution < 1.29 is 26.4 Å². The zero-order valence-corrected chi connectivity index (χ0v) is 21.1. The number of hydrogen-bond acceptors (Lipinski definition) is 5. The fourth-order valence-corrected chi connectivity index (χ4v) is 5.35. The number of benzene rings is 2. The molecule has 1 atom stereocenters. The molecule has 0 aliphatic heterocycles. The van der Waals surface area contributed by atoms with Crippen LogP contribution in [0.4, 0.5) is 18.9 Å². The second-order valence-corrected chi connectivity index (χ2v) is 10.9. The van der Waals surface area contributed by atoms with Gasteiger partial charge in [0, 0.05) is 7.05 Å². The maximum Gasteiger partial charge on any atom is 0.414 e. The van der Waals surface area contributed by atoms with Crippen molar-refractivity contribution in [3.05, 3.63) is 95.8 Å². The number of pyridine rings is 1. The molecule has 1 heterocycles. The van der Waals surface area contributed by atoms with E-state index in [4.69, 9.17) is 0 Å². The van der Waals surface area contributed by atoms with Gasteiger partial charge in [-0.25, -0.2) is 8.42 Å². The van der Waals surface area contributed by atoms with Crippen LogP contribution >= 0.6 is 0 Å². The minimum atomic E-state index is -4.83. The number of carbonyl (C=O) groups is 1. The summed E-state index contributed by atoms with van der Waals surface area (Å²) < 4.78 is 67.9. The van der Waals surface area contributed by atoms with E-state index in [-0.39, 0.29) is 24.6 Å². The number of aromatic nitrogens is 1. The first kappa shape index (κ1) is 26.6. The lowest BCUT2D eigenvalue weighted by molar-refractivity contribution is -0.190. The Balaban J connectivity index is 1.59. The van der Waals surface area contributed by atoms with Crippen LogP contribution in [0.25, 0.3) is 0 Å². The van der Waals surface area contributed by atoms with Gasteiger partial charge in [0.2, 0.25) is 15.9 Å². The van der Waals surface area contributed by atoms with Gasteiger partial charge in [0.25, 0.3) is 0 Å². The third-order valence-electron chi connectivity index (χ3n) is 6.20. The summed E-state index contributed by atoms with van der Waals surface area (Å²) in [6.45, 7) is 0. The topological polar surface area (TPSA) is 91.4 Å². The lowest BCUT2D eigenvalue weighted by Crippen LogP contribution is -2.52.